The molecule has 0 amide bonds. The van der Waals surface area contributed by atoms with Crippen molar-refractivity contribution in [3.8, 4) is 6.07 Å². The Morgan fingerprint density at radius 2 is 2.43 bits per heavy atom. The topological polar surface area (TPSA) is 39.1 Å². The van der Waals surface area contributed by atoms with Crippen LogP contribution in [0.2, 0.25) is 0 Å². The smallest absolute Gasteiger partial charge is 0.111 e. The lowest BCUT2D eigenvalue weighted by Crippen LogP contribution is -2.54. The molecule has 1 heterocycles. The van der Waals surface area contributed by atoms with Crippen molar-refractivity contribution in [1.82, 2.24) is 10.2 Å². The van der Waals surface area contributed by atoms with Crippen molar-refractivity contribution in [2.45, 2.75) is 31.3 Å². The van der Waals surface area contributed by atoms with E-state index >= 15 is 0 Å². The lowest BCUT2D eigenvalue weighted by Gasteiger charge is -2.38. The predicted molar refractivity (Wildman–Crippen MR) is 55.8 cm³/mol. The molecule has 1 N–H and O–H groups in total. The summed E-state index contributed by atoms with van der Waals surface area (Å²) in [7, 11) is 0. The number of allylic oxidation sites excluding steroid dienone is 1. The highest BCUT2D eigenvalue weighted by atomic mass is 15.2. The fourth-order valence-electron chi connectivity index (χ4n) is 2.31. The maximum Gasteiger partial charge on any atom is 0.111 e. The summed E-state index contributed by atoms with van der Waals surface area (Å²) in [6.07, 6.45) is 8.22. The van der Waals surface area contributed by atoms with E-state index in [0.29, 0.717) is 6.04 Å². The highest BCUT2D eigenvalue weighted by molar-refractivity contribution is 5.05. The minimum atomic E-state index is 0.0662. The molecule has 2 rings (SSSR count). The van der Waals surface area contributed by atoms with Crippen LogP contribution in [0, 0.1) is 11.3 Å². The Morgan fingerprint density at radius 1 is 1.50 bits per heavy atom. The van der Waals surface area contributed by atoms with Gasteiger partial charge in [0.1, 0.15) is 6.04 Å². The molecule has 76 valence electrons. The molecule has 3 nitrogen and oxygen atoms in total. The van der Waals surface area contributed by atoms with Crippen LogP contribution in [-0.2, 0) is 0 Å². The van der Waals surface area contributed by atoms with Crippen molar-refractivity contribution in [2.24, 2.45) is 0 Å². The van der Waals surface area contributed by atoms with Crippen LogP contribution in [0.1, 0.15) is 19.3 Å². The molecule has 2 unspecified atom stereocenters. The molecule has 1 saturated heterocycles. The van der Waals surface area contributed by atoms with Gasteiger partial charge in [0.25, 0.3) is 0 Å². The Kier molecular flexibility index (Phi) is 3.18. The molecule has 14 heavy (non-hydrogen) atoms. The highest BCUT2D eigenvalue weighted by Gasteiger charge is 2.27. The maximum atomic E-state index is 9.04. The van der Waals surface area contributed by atoms with Crippen LogP contribution in [0.5, 0.6) is 0 Å². The molecule has 2 aliphatic rings. The van der Waals surface area contributed by atoms with E-state index in [2.05, 4.69) is 28.4 Å². The first-order valence-corrected chi connectivity index (χ1v) is 5.44. The van der Waals surface area contributed by atoms with Gasteiger partial charge >= 0.3 is 0 Å². The van der Waals surface area contributed by atoms with Crippen LogP contribution >= 0.6 is 0 Å². The highest BCUT2D eigenvalue weighted by Crippen LogP contribution is 2.19. The summed E-state index contributed by atoms with van der Waals surface area (Å²) in [4.78, 5) is 2.34. The van der Waals surface area contributed by atoms with Crippen molar-refractivity contribution in [1.29, 1.82) is 5.26 Å². The van der Waals surface area contributed by atoms with Crippen LogP contribution in [0.3, 0.4) is 0 Å². The zero-order valence-corrected chi connectivity index (χ0v) is 8.45. The number of nitrogens with zero attached hydrogens (tertiary/aromatic N) is 2. The van der Waals surface area contributed by atoms with E-state index in [9.17, 15) is 0 Å². The number of nitrogens with one attached hydrogen (secondary N) is 1. The van der Waals surface area contributed by atoms with Gasteiger partial charge in [-0.25, -0.2) is 0 Å². The number of hydrogen-bond acceptors (Lipinski definition) is 3. The Bertz CT molecular complexity index is 254. The van der Waals surface area contributed by atoms with E-state index in [1.165, 1.54) is 19.3 Å². The molecular weight excluding hydrogens is 174 g/mol. The fourth-order valence-corrected chi connectivity index (χ4v) is 2.31. The summed E-state index contributed by atoms with van der Waals surface area (Å²) in [5, 5.41) is 12.3. The standard InChI is InChI=1S/C11H17N3/c12-8-11-9-13-6-7-14(11)10-4-2-1-3-5-10/h2,4,10-11,13H,1,3,5-7,9H2. The van der Waals surface area contributed by atoms with Crippen LogP contribution < -0.4 is 5.32 Å². The predicted octanol–water partition coefficient (Wildman–Crippen LogP) is 0.892. The second-order valence-corrected chi connectivity index (χ2v) is 4.01. The molecule has 0 aromatic carbocycles. The van der Waals surface area contributed by atoms with Gasteiger partial charge in [-0.2, -0.15) is 5.26 Å². The second kappa shape index (κ2) is 4.59. The number of nitriles is 1. The molecule has 3 heteroatoms. The normalized spacial score (nSPS) is 33.9. The molecule has 0 bridgehead atoms. The van der Waals surface area contributed by atoms with E-state index in [4.69, 9.17) is 5.26 Å². The van der Waals surface area contributed by atoms with Gasteiger partial charge in [0.2, 0.25) is 0 Å². The number of rotatable bonds is 1. The van der Waals surface area contributed by atoms with E-state index in [0.717, 1.165) is 19.6 Å². The summed E-state index contributed by atoms with van der Waals surface area (Å²) >= 11 is 0. The molecule has 0 spiro atoms. The van der Waals surface area contributed by atoms with Crippen molar-refractivity contribution in [3.63, 3.8) is 0 Å². The first-order valence-electron chi connectivity index (χ1n) is 5.44. The quantitative estimate of drug-likeness (QED) is 0.626. The van der Waals surface area contributed by atoms with Crippen molar-refractivity contribution < 1.29 is 0 Å². The zero-order valence-electron chi connectivity index (χ0n) is 8.45. The molecule has 0 aromatic heterocycles. The van der Waals surface area contributed by atoms with E-state index in [1.54, 1.807) is 0 Å². The van der Waals surface area contributed by atoms with Crippen LogP contribution in [0.4, 0.5) is 0 Å². The third-order valence-electron chi connectivity index (χ3n) is 3.09. The van der Waals surface area contributed by atoms with E-state index in [1.807, 2.05) is 0 Å². The average molecular weight is 191 g/mol. The summed E-state index contributed by atoms with van der Waals surface area (Å²) < 4.78 is 0. The minimum Gasteiger partial charge on any atom is -0.313 e. The molecule has 1 aliphatic heterocycles. The third kappa shape index (κ3) is 1.97. The fraction of sp³-hybridized carbons (Fsp3) is 0.727. The first kappa shape index (κ1) is 9.70. The molecular formula is C11H17N3. The van der Waals surface area contributed by atoms with Gasteiger partial charge in [0.15, 0.2) is 0 Å². The second-order valence-electron chi connectivity index (χ2n) is 4.01. The molecule has 0 radical (unpaired) electrons. The van der Waals surface area contributed by atoms with Crippen LogP contribution in [0.25, 0.3) is 0 Å². The van der Waals surface area contributed by atoms with Gasteiger partial charge in [-0.05, 0) is 19.3 Å². The molecule has 0 aromatic rings. The SMILES string of the molecule is N#CC1CNCCN1C1C=CCCC1. The monoisotopic (exact) mass is 191 g/mol. The summed E-state index contributed by atoms with van der Waals surface area (Å²) in [6, 6.07) is 2.96. The van der Waals surface area contributed by atoms with Gasteiger partial charge in [0, 0.05) is 25.7 Å². The minimum absolute atomic E-state index is 0.0662. The van der Waals surface area contributed by atoms with E-state index < -0.39 is 0 Å². The van der Waals surface area contributed by atoms with Crippen LogP contribution in [-0.4, -0.2) is 36.6 Å². The van der Waals surface area contributed by atoms with Gasteiger partial charge in [0.05, 0.1) is 6.07 Å². The maximum absolute atomic E-state index is 9.04. The Hall–Kier alpha value is -0.850. The number of hydrogen-bond donors (Lipinski definition) is 1. The summed E-state index contributed by atoms with van der Waals surface area (Å²) in [5.74, 6) is 0. The van der Waals surface area contributed by atoms with Crippen molar-refractivity contribution in [3.05, 3.63) is 12.2 Å². The largest absolute Gasteiger partial charge is 0.313 e. The van der Waals surface area contributed by atoms with Gasteiger partial charge < -0.3 is 5.32 Å². The van der Waals surface area contributed by atoms with Gasteiger partial charge in [-0.3, -0.25) is 4.90 Å². The Morgan fingerprint density at radius 3 is 3.14 bits per heavy atom. The molecule has 0 saturated carbocycles. The Labute approximate surface area is 85.4 Å². The Balaban J connectivity index is 2.03. The average Bonchev–Trinajstić information content (AvgIpc) is 2.30. The third-order valence-corrected chi connectivity index (χ3v) is 3.09. The van der Waals surface area contributed by atoms with E-state index in [-0.39, 0.29) is 6.04 Å². The first-order chi connectivity index (χ1) is 6.92. The lowest BCUT2D eigenvalue weighted by molar-refractivity contribution is 0.152. The zero-order chi connectivity index (χ0) is 9.80. The number of piperazine rings is 1. The molecule has 2 atom stereocenters. The van der Waals surface area contributed by atoms with Gasteiger partial charge in [-0.1, -0.05) is 12.2 Å². The van der Waals surface area contributed by atoms with Crippen molar-refractivity contribution in [2.75, 3.05) is 19.6 Å². The molecule has 1 fully saturated rings. The van der Waals surface area contributed by atoms with Crippen LogP contribution in [0.15, 0.2) is 12.2 Å². The van der Waals surface area contributed by atoms with Crippen molar-refractivity contribution >= 4 is 0 Å². The lowest BCUT2D eigenvalue weighted by atomic mass is 9.99. The van der Waals surface area contributed by atoms with Gasteiger partial charge in [-0.15, -0.1) is 0 Å². The summed E-state index contributed by atoms with van der Waals surface area (Å²) in [5.41, 5.74) is 0. The molecule has 1 aliphatic carbocycles. The summed E-state index contributed by atoms with van der Waals surface area (Å²) in [6.45, 7) is 2.84.